The number of ether oxygens (including phenoxy) is 2. The molecule has 1 aliphatic heterocycles. The Morgan fingerprint density at radius 3 is 2.16 bits per heavy atom. The molecule has 32 heavy (non-hydrogen) atoms. The van der Waals surface area contributed by atoms with Crippen LogP contribution in [0.15, 0.2) is 81.7 Å². The highest BCUT2D eigenvalue weighted by atomic mass is 79.9. The summed E-state index contributed by atoms with van der Waals surface area (Å²) in [5, 5.41) is 0. The summed E-state index contributed by atoms with van der Waals surface area (Å²) in [4.78, 5) is 40.6. The molecule has 5 rings (SSSR count). The van der Waals surface area contributed by atoms with Gasteiger partial charge in [-0.15, -0.1) is 0 Å². The number of Topliss-reactive ketones (excluding diaryl/α,β-unsaturated/α-hetero) is 1. The SMILES string of the molecule is C[C@@]1(C(=O)c2ccc(Br)cc2)[C@@H]2c3ccccc3OC(=O)[C@@]21C(=O)Oc1ccc(Br)cc1. The number of halogens is 2. The van der Waals surface area contributed by atoms with Crippen LogP contribution in [-0.2, 0) is 9.59 Å². The van der Waals surface area contributed by atoms with Crippen LogP contribution in [0.5, 0.6) is 11.5 Å². The van der Waals surface area contributed by atoms with Crippen LogP contribution in [0.4, 0.5) is 0 Å². The fourth-order valence-electron chi connectivity index (χ4n) is 4.80. The second kappa shape index (κ2) is 7.39. The summed E-state index contributed by atoms with van der Waals surface area (Å²) in [5.41, 5.74) is -2.06. The molecule has 0 amide bonds. The van der Waals surface area contributed by atoms with Crippen LogP contribution >= 0.6 is 31.9 Å². The lowest BCUT2D eigenvalue weighted by Crippen LogP contribution is -2.41. The quantitative estimate of drug-likeness (QED) is 0.178. The molecule has 0 spiro atoms. The Morgan fingerprint density at radius 1 is 0.906 bits per heavy atom. The first-order valence-corrected chi connectivity index (χ1v) is 11.5. The molecule has 1 saturated carbocycles. The highest BCUT2D eigenvalue weighted by Gasteiger charge is 2.89. The monoisotopic (exact) mass is 554 g/mol. The van der Waals surface area contributed by atoms with Crippen molar-refractivity contribution in [1.29, 1.82) is 0 Å². The molecule has 0 N–H and O–H groups in total. The molecule has 2 aliphatic rings. The second-order valence-electron chi connectivity index (χ2n) is 8.05. The zero-order chi connectivity index (χ0) is 22.7. The smallest absolute Gasteiger partial charge is 0.330 e. The Bertz CT molecular complexity index is 1270. The number of carbonyl (C=O) groups is 3. The Kier molecular flexibility index (Phi) is 4.87. The summed E-state index contributed by atoms with van der Waals surface area (Å²) < 4.78 is 12.8. The summed E-state index contributed by atoms with van der Waals surface area (Å²) in [6, 6.07) is 20.5. The third-order valence-corrected chi connectivity index (χ3v) is 7.48. The predicted octanol–water partition coefficient (Wildman–Crippen LogP) is 5.71. The number of fused-ring (bicyclic) bond motifs is 3. The van der Waals surface area contributed by atoms with Gasteiger partial charge in [-0.25, -0.2) is 0 Å². The number of ketones is 1. The Balaban J connectivity index is 1.62. The van der Waals surface area contributed by atoms with E-state index >= 15 is 0 Å². The predicted molar refractivity (Wildman–Crippen MR) is 124 cm³/mol. The van der Waals surface area contributed by atoms with Crippen LogP contribution in [0.1, 0.15) is 28.8 Å². The van der Waals surface area contributed by atoms with Gasteiger partial charge in [0.15, 0.2) is 11.2 Å². The van der Waals surface area contributed by atoms with Gasteiger partial charge in [0, 0.05) is 26.0 Å². The number of esters is 2. The molecular formula is C25H16Br2O5. The van der Waals surface area contributed by atoms with E-state index in [9.17, 15) is 14.4 Å². The van der Waals surface area contributed by atoms with Gasteiger partial charge in [0.25, 0.3) is 0 Å². The zero-order valence-electron chi connectivity index (χ0n) is 16.8. The van der Waals surface area contributed by atoms with E-state index < -0.39 is 28.7 Å². The molecule has 7 heteroatoms. The van der Waals surface area contributed by atoms with Crippen molar-refractivity contribution < 1.29 is 23.9 Å². The molecule has 0 radical (unpaired) electrons. The first-order valence-electron chi connectivity index (χ1n) is 9.89. The second-order valence-corrected chi connectivity index (χ2v) is 9.88. The van der Waals surface area contributed by atoms with Gasteiger partial charge in [-0.2, -0.15) is 0 Å². The summed E-state index contributed by atoms with van der Waals surface area (Å²) in [7, 11) is 0. The minimum atomic E-state index is -1.77. The molecule has 1 fully saturated rings. The van der Waals surface area contributed by atoms with Crippen LogP contribution < -0.4 is 9.47 Å². The Morgan fingerprint density at radius 2 is 1.50 bits per heavy atom. The van der Waals surface area contributed by atoms with E-state index in [-0.39, 0.29) is 11.5 Å². The number of para-hydroxylation sites is 1. The van der Waals surface area contributed by atoms with Crippen molar-refractivity contribution in [1.82, 2.24) is 0 Å². The van der Waals surface area contributed by atoms with E-state index in [2.05, 4.69) is 31.9 Å². The molecule has 3 aromatic carbocycles. The van der Waals surface area contributed by atoms with Gasteiger partial charge in [-0.3, -0.25) is 14.4 Å². The molecule has 0 bridgehead atoms. The normalized spacial score (nSPS) is 25.2. The van der Waals surface area contributed by atoms with E-state index in [1.807, 2.05) is 0 Å². The molecule has 160 valence electrons. The lowest BCUT2D eigenvalue weighted by Gasteiger charge is -2.22. The van der Waals surface area contributed by atoms with Crippen molar-refractivity contribution in [2.75, 3.05) is 0 Å². The van der Waals surface area contributed by atoms with E-state index in [4.69, 9.17) is 9.47 Å². The minimum Gasteiger partial charge on any atom is -0.426 e. The molecule has 5 nitrogen and oxygen atoms in total. The van der Waals surface area contributed by atoms with E-state index in [1.165, 1.54) is 0 Å². The molecular weight excluding hydrogens is 540 g/mol. The molecule has 3 atom stereocenters. The average Bonchev–Trinajstić information content (AvgIpc) is 3.39. The summed E-state index contributed by atoms with van der Waals surface area (Å²) >= 11 is 6.71. The lowest BCUT2D eigenvalue weighted by molar-refractivity contribution is -0.156. The van der Waals surface area contributed by atoms with Gasteiger partial charge < -0.3 is 9.47 Å². The van der Waals surface area contributed by atoms with Crippen molar-refractivity contribution in [3.8, 4) is 11.5 Å². The lowest BCUT2D eigenvalue weighted by atomic mass is 9.87. The maximum absolute atomic E-state index is 13.7. The first kappa shape index (κ1) is 21.1. The van der Waals surface area contributed by atoms with Crippen LogP contribution in [0.3, 0.4) is 0 Å². The molecule has 0 saturated heterocycles. The van der Waals surface area contributed by atoms with Crippen molar-refractivity contribution in [3.63, 3.8) is 0 Å². The van der Waals surface area contributed by atoms with Gasteiger partial charge in [-0.05, 0) is 49.4 Å². The van der Waals surface area contributed by atoms with Gasteiger partial charge in [-0.1, -0.05) is 62.2 Å². The molecule has 1 aliphatic carbocycles. The van der Waals surface area contributed by atoms with Gasteiger partial charge in [0.1, 0.15) is 11.5 Å². The molecule has 3 aromatic rings. The molecule has 0 unspecified atom stereocenters. The van der Waals surface area contributed by atoms with Crippen molar-refractivity contribution in [2.24, 2.45) is 10.8 Å². The van der Waals surface area contributed by atoms with Crippen molar-refractivity contribution in [3.05, 3.63) is 92.9 Å². The Labute approximate surface area is 201 Å². The summed E-state index contributed by atoms with van der Waals surface area (Å²) in [6.07, 6.45) is 0. The maximum Gasteiger partial charge on any atom is 0.330 e. The molecule has 0 aromatic heterocycles. The summed E-state index contributed by atoms with van der Waals surface area (Å²) in [5.74, 6) is -1.92. The van der Waals surface area contributed by atoms with E-state index in [1.54, 1.807) is 79.7 Å². The van der Waals surface area contributed by atoms with E-state index in [0.29, 0.717) is 16.9 Å². The summed E-state index contributed by atoms with van der Waals surface area (Å²) in [6.45, 7) is 1.65. The van der Waals surface area contributed by atoms with Gasteiger partial charge in [0.05, 0.1) is 5.41 Å². The highest BCUT2D eigenvalue weighted by Crippen LogP contribution is 2.78. The average molecular weight is 556 g/mol. The van der Waals surface area contributed by atoms with Gasteiger partial charge >= 0.3 is 11.9 Å². The fraction of sp³-hybridized carbons (Fsp3) is 0.160. The van der Waals surface area contributed by atoms with Crippen molar-refractivity contribution in [2.45, 2.75) is 12.8 Å². The minimum absolute atomic E-state index is 0.281. The topological polar surface area (TPSA) is 69.7 Å². The van der Waals surface area contributed by atoms with E-state index in [0.717, 1.165) is 8.95 Å². The largest absolute Gasteiger partial charge is 0.426 e. The van der Waals surface area contributed by atoms with Crippen LogP contribution in [-0.4, -0.2) is 17.7 Å². The van der Waals surface area contributed by atoms with Crippen LogP contribution in [0.25, 0.3) is 0 Å². The van der Waals surface area contributed by atoms with Crippen LogP contribution in [0.2, 0.25) is 0 Å². The first-order chi connectivity index (χ1) is 15.3. The number of hydrogen-bond acceptors (Lipinski definition) is 5. The standard InChI is InChI=1S/C25H16Br2O5/c1-24(21(28)14-6-8-15(26)9-7-14)20-18-4-2-3-5-19(18)32-23(30)25(20,24)22(29)31-17-12-10-16(27)11-13-17/h2-13,20H,1H3/t20-,24-,25-/m0/s1. The number of benzene rings is 3. The van der Waals surface area contributed by atoms with Crippen LogP contribution in [0, 0.1) is 10.8 Å². The number of hydrogen-bond donors (Lipinski definition) is 0. The van der Waals surface area contributed by atoms with Gasteiger partial charge in [0.2, 0.25) is 0 Å². The number of carbonyl (C=O) groups excluding carboxylic acids is 3. The zero-order valence-corrected chi connectivity index (χ0v) is 20.0. The molecule has 1 heterocycles. The Hall–Kier alpha value is -2.77. The maximum atomic E-state index is 13.7. The highest BCUT2D eigenvalue weighted by molar-refractivity contribution is 9.10. The third kappa shape index (κ3) is 2.84. The third-order valence-electron chi connectivity index (χ3n) is 6.43. The fourth-order valence-corrected chi connectivity index (χ4v) is 5.33. The van der Waals surface area contributed by atoms with Crippen molar-refractivity contribution >= 4 is 49.6 Å². The number of rotatable bonds is 4.